The minimum Gasteiger partial charge on any atom is -0.505 e. The van der Waals surface area contributed by atoms with Crippen molar-refractivity contribution < 1.29 is 9.90 Å². The zero-order valence-corrected chi connectivity index (χ0v) is 9.81. The number of aromatic hydroxyl groups is 1. The SMILES string of the molecule is CCCCCN(C)C(=O)c1ncccc1O. The first kappa shape index (κ1) is 12.5. The molecule has 4 nitrogen and oxygen atoms in total. The zero-order valence-electron chi connectivity index (χ0n) is 9.81. The molecule has 4 heteroatoms. The van der Waals surface area contributed by atoms with Crippen LogP contribution in [0.15, 0.2) is 18.3 Å². The summed E-state index contributed by atoms with van der Waals surface area (Å²) in [5.74, 6) is -0.288. The second-order valence-corrected chi connectivity index (χ2v) is 3.80. The lowest BCUT2D eigenvalue weighted by Gasteiger charge is -2.16. The lowest BCUT2D eigenvalue weighted by Crippen LogP contribution is -2.28. The van der Waals surface area contributed by atoms with E-state index in [9.17, 15) is 9.90 Å². The highest BCUT2D eigenvalue weighted by Gasteiger charge is 2.16. The first-order valence-electron chi connectivity index (χ1n) is 5.56. The van der Waals surface area contributed by atoms with Gasteiger partial charge in [-0.3, -0.25) is 4.79 Å². The molecule has 1 aromatic heterocycles. The summed E-state index contributed by atoms with van der Waals surface area (Å²) in [6.07, 6.45) is 4.71. The maximum Gasteiger partial charge on any atom is 0.276 e. The van der Waals surface area contributed by atoms with E-state index in [2.05, 4.69) is 11.9 Å². The fourth-order valence-electron chi connectivity index (χ4n) is 1.44. The van der Waals surface area contributed by atoms with Gasteiger partial charge in [0.05, 0.1) is 0 Å². The van der Waals surface area contributed by atoms with E-state index in [0.29, 0.717) is 6.54 Å². The van der Waals surface area contributed by atoms with Crippen molar-refractivity contribution in [1.82, 2.24) is 9.88 Å². The van der Waals surface area contributed by atoms with Crippen molar-refractivity contribution in [3.05, 3.63) is 24.0 Å². The molecule has 1 amide bonds. The molecule has 0 radical (unpaired) electrons. The molecule has 0 aliphatic heterocycles. The van der Waals surface area contributed by atoms with Crippen molar-refractivity contribution in [3.63, 3.8) is 0 Å². The van der Waals surface area contributed by atoms with Crippen LogP contribution in [0.5, 0.6) is 5.75 Å². The first-order chi connectivity index (χ1) is 7.66. The van der Waals surface area contributed by atoms with E-state index < -0.39 is 0 Å². The number of carbonyl (C=O) groups is 1. The average Bonchev–Trinajstić information content (AvgIpc) is 2.29. The van der Waals surface area contributed by atoms with Crippen molar-refractivity contribution in [3.8, 4) is 5.75 Å². The van der Waals surface area contributed by atoms with Crippen LogP contribution in [0.2, 0.25) is 0 Å². The van der Waals surface area contributed by atoms with Crippen LogP contribution in [0.25, 0.3) is 0 Å². The summed E-state index contributed by atoms with van der Waals surface area (Å²) in [6.45, 7) is 2.81. The van der Waals surface area contributed by atoms with Gasteiger partial charge in [-0.05, 0) is 18.6 Å². The molecule has 0 aliphatic rings. The highest BCUT2D eigenvalue weighted by Crippen LogP contribution is 2.14. The number of hydrogen-bond acceptors (Lipinski definition) is 3. The molecule has 0 spiro atoms. The Hall–Kier alpha value is -1.58. The first-order valence-corrected chi connectivity index (χ1v) is 5.56. The van der Waals surface area contributed by atoms with E-state index in [1.807, 2.05) is 0 Å². The fourth-order valence-corrected chi connectivity index (χ4v) is 1.44. The monoisotopic (exact) mass is 222 g/mol. The quantitative estimate of drug-likeness (QED) is 0.776. The highest BCUT2D eigenvalue weighted by molar-refractivity contribution is 5.94. The molecule has 16 heavy (non-hydrogen) atoms. The lowest BCUT2D eigenvalue weighted by atomic mass is 10.2. The maximum atomic E-state index is 11.9. The Bertz CT molecular complexity index is 353. The number of aromatic nitrogens is 1. The molecule has 1 rings (SSSR count). The summed E-state index contributed by atoms with van der Waals surface area (Å²) in [7, 11) is 1.73. The second-order valence-electron chi connectivity index (χ2n) is 3.80. The van der Waals surface area contributed by atoms with Gasteiger partial charge in [0.1, 0.15) is 5.75 Å². The zero-order chi connectivity index (χ0) is 12.0. The molecular formula is C12H18N2O2. The van der Waals surface area contributed by atoms with Crippen molar-refractivity contribution >= 4 is 5.91 Å². The number of rotatable bonds is 5. The van der Waals surface area contributed by atoms with Crippen LogP contribution in [0.1, 0.15) is 36.7 Å². The number of nitrogens with zero attached hydrogens (tertiary/aromatic N) is 2. The summed E-state index contributed by atoms with van der Waals surface area (Å²) in [5.41, 5.74) is 0.126. The summed E-state index contributed by atoms with van der Waals surface area (Å²) >= 11 is 0. The average molecular weight is 222 g/mol. The predicted octanol–water partition coefficient (Wildman–Crippen LogP) is 2.05. The molecule has 0 unspecified atom stereocenters. The number of unbranched alkanes of at least 4 members (excludes halogenated alkanes) is 2. The van der Waals surface area contributed by atoms with Gasteiger partial charge >= 0.3 is 0 Å². The van der Waals surface area contributed by atoms with Crippen LogP contribution in [0.4, 0.5) is 0 Å². The van der Waals surface area contributed by atoms with Gasteiger partial charge in [-0.25, -0.2) is 4.98 Å². The Morgan fingerprint density at radius 2 is 2.25 bits per heavy atom. The molecule has 0 bridgehead atoms. The van der Waals surface area contributed by atoms with E-state index in [1.54, 1.807) is 18.0 Å². The minimum absolute atomic E-state index is 0.0603. The largest absolute Gasteiger partial charge is 0.505 e. The van der Waals surface area contributed by atoms with E-state index >= 15 is 0 Å². The maximum absolute atomic E-state index is 11.9. The topological polar surface area (TPSA) is 53.4 Å². The molecule has 1 N–H and O–H groups in total. The summed E-state index contributed by atoms with van der Waals surface area (Å²) in [4.78, 5) is 17.3. The van der Waals surface area contributed by atoms with Gasteiger partial charge in [-0.2, -0.15) is 0 Å². The molecule has 0 aromatic carbocycles. The number of amides is 1. The third kappa shape index (κ3) is 3.22. The van der Waals surface area contributed by atoms with Crippen molar-refractivity contribution in [2.24, 2.45) is 0 Å². The molecule has 1 aromatic rings. The van der Waals surface area contributed by atoms with E-state index in [0.717, 1.165) is 19.3 Å². The lowest BCUT2D eigenvalue weighted by molar-refractivity contribution is 0.0783. The van der Waals surface area contributed by atoms with Crippen LogP contribution < -0.4 is 0 Å². The summed E-state index contributed by atoms with van der Waals surface area (Å²) < 4.78 is 0. The molecule has 0 fully saturated rings. The predicted molar refractivity (Wildman–Crippen MR) is 62.4 cm³/mol. The Morgan fingerprint density at radius 1 is 1.50 bits per heavy atom. The van der Waals surface area contributed by atoms with Crippen molar-refractivity contribution in [2.75, 3.05) is 13.6 Å². The van der Waals surface area contributed by atoms with Crippen LogP contribution in [0.3, 0.4) is 0 Å². The van der Waals surface area contributed by atoms with E-state index in [1.165, 1.54) is 12.3 Å². The van der Waals surface area contributed by atoms with Crippen LogP contribution >= 0.6 is 0 Å². The Kier molecular flexibility index (Phi) is 4.76. The molecule has 0 saturated carbocycles. The number of carbonyl (C=O) groups excluding carboxylic acids is 1. The van der Waals surface area contributed by atoms with Crippen molar-refractivity contribution in [1.29, 1.82) is 0 Å². The smallest absolute Gasteiger partial charge is 0.276 e. The molecule has 88 valence electrons. The van der Waals surface area contributed by atoms with E-state index in [4.69, 9.17) is 0 Å². The standard InChI is InChI=1S/C12H18N2O2/c1-3-4-5-9-14(2)12(16)11-10(15)7-6-8-13-11/h6-8,15H,3-5,9H2,1-2H3. The van der Waals surface area contributed by atoms with Gasteiger partial charge in [0, 0.05) is 19.8 Å². The molecular weight excluding hydrogens is 204 g/mol. The number of pyridine rings is 1. The van der Waals surface area contributed by atoms with Crippen LogP contribution in [0, 0.1) is 0 Å². The summed E-state index contributed by atoms with van der Waals surface area (Å²) in [5, 5.41) is 9.49. The van der Waals surface area contributed by atoms with Gasteiger partial charge in [0.15, 0.2) is 5.69 Å². The second kappa shape index (κ2) is 6.10. The molecule has 0 saturated heterocycles. The van der Waals surface area contributed by atoms with Gasteiger partial charge < -0.3 is 10.0 Å². The third-order valence-electron chi connectivity index (χ3n) is 2.43. The Morgan fingerprint density at radius 3 is 2.88 bits per heavy atom. The minimum atomic E-state index is -0.228. The van der Waals surface area contributed by atoms with Crippen LogP contribution in [-0.2, 0) is 0 Å². The van der Waals surface area contributed by atoms with Crippen LogP contribution in [-0.4, -0.2) is 34.5 Å². The molecule has 1 heterocycles. The van der Waals surface area contributed by atoms with Gasteiger partial charge in [0.2, 0.25) is 0 Å². The molecule has 0 atom stereocenters. The number of hydrogen-bond donors (Lipinski definition) is 1. The van der Waals surface area contributed by atoms with Gasteiger partial charge in [0.25, 0.3) is 5.91 Å². The van der Waals surface area contributed by atoms with E-state index in [-0.39, 0.29) is 17.4 Å². The van der Waals surface area contributed by atoms with Gasteiger partial charge in [-0.15, -0.1) is 0 Å². The fraction of sp³-hybridized carbons (Fsp3) is 0.500. The molecule has 0 aliphatic carbocycles. The normalized spacial score (nSPS) is 10.1. The third-order valence-corrected chi connectivity index (χ3v) is 2.43. The summed E-state index contributed by atoms with van der Waals surface area (Å²) in [6, 6.07) is 3.07. The Labute approximate surface area is 95.9 Å². The van der Waals surface area contributed by atoms with Crippen molar-refractivity contribution in [2.45, 2.75) is 26.2 Å². The highest BCUT2D eigenvalue weighted by atomic mass is 16.3. The Balaban J connectivity index is 2.60. The van der Waals surface area contributed by atoms with Gasteiger partial charge in [-0.1, -0.05) is 19.8 Å².